The fourth-order valence-electron chi connectivity index (χ4n) is 3.96. The highest BCUT2D eigenvalue weighted by atomic mass is 32.2. The summed E-state index contributed by atoms with van der Waals surface area (Å²) in [6.07, 6.45) is -3.88. The zero-order valence-corrected chi connectivity index (χ0v) is 20.7. The molecular weight excluding hydrogens is 541 g/mol. The van der Waals surface area contributed by atoms with Crippen LogP contribution in [0.3, 0.4) is 0 Å². The van der Waals surface area contributed by atoms with Crippen molar-refractivity contribution in [2.24, 2.45) is 7.05 Å². The number of hydrogen-bond acceptors (Lipinski definition) is 9. The molecule has 0 radical (unpaired) electrons. The fourth-order valence-corrected chi connectivity index (χ4v) is 5.02. The third-order valence-corrected chi connectivity index (χ3v) is 8.11. The van der Waals surface area contributed by atoms with Gasteiger partial charge < -0.3 is 14.3 Å². The zero-order valence-electron chi connectivity index (χ0n) is 19.9. The third-order valence-electron chi connectivity index (χ3n) is 6.37. The average Bonchev–Trinajstić information content (AvgIpc) is 3.42. The van der Waals surface area contributed by atoms with Crippen LogP contribution in [-0.4, -0.2) is 50.1 Å². The highest BCUT2D eigenvalue weighted by Gasteiger charge is 2.68. The highest BCUT2D eigenvalue weighted by molar-refractivity contribution is 7.91. The molecule has 17 heteroatoms. The predicted octanol–water partition coefficient (Wildman–Crippen LogP) is 3.21. The SMILES string of the molecule is CCS(=O)(=O)c1cc(-c2noc(C3(C(F)(F)F)CC3)n2)cnc1-c1nc2cc(C(C)(F)F)[n+]([O-])nc2n1C. The van der Waals surface area contributed by atoms with Crippen LogP contribution in [0.5, 0.6) is 0 Å². The Morgan fingerprint density at radius 2 is 1.87 bits per heavy atom. The smallest absolute Gasteiger partial charge is 0.403 e. The zero-order chi connectivity index (χ0) is 27.8. The molecule has 11 nitrogen and oxygen atoms in total. The molecule has 0 spiro atoms. The molecule has 0 unspecified atom stereocenters. The maximum Gasteiger partial charge on any atom is 0.403 e. The highest BCUT2D eigenvalue weighted by Crippen LogP contribution is 2.58. The average molecular weight is 559 g/mol. The predicted molar refractivity (Wildman–Crippen MR) is 118 cm³/mol. The van der Waals surface area contributed by atoms with Crippen LogP contribution < -0.4 is 4.85 Å². The molecule has 4 aromatic rings. The van der Waals surface area contributed by atoms with Crippen LogP contribution in [0.15, 0.2) is 27.7 Å². The van der Waals surface area contributed by atoms with E-state index in [0.29, 0.717) is 6.92 Å². The lowest BCUT2D eigenvalue weighted by Gasteiger charge is -2.13. The number of rotatable bonds is 6. The van der Waals surface area contributed by atoms with E-state index in [4.69, 9.17) is 4.52 Å². The summed E-state index contributed by atoms with van der Waals surface area (Å²) in [6, 6.07) is 1.96. The first-order valence-corrected chi connectivity index (χ1v) is 12.7. The number of fused-ring (bicyclic) bond motifs is 1. The number of halogens is 5. The van der Waals surface area contributed by atoms with Crippen LogP contribution in [0.2, 0.25) is 0 Å². The second-order valence-electron chi connectivity index (χ2n) is 8.97. The van der Waals surface area contributed by atoms with E-state index in [9.17, 15) is 35.6 Å². The maximum atomic E-state index is 13.8. The number of aromatic nitrogens is 7. The van der Waals surface area contributed by atoms with Gasteiger partial charge in [0.2, 0.25) is 17.4 Å². The van der Waals surface area contributed by atoms with Gasteiger partial charge >= 0.3 is 12.1 Å². The molecule has 5 rings (SSSR count). The Morgan fingerprint density at radius 3 is 2.45 bits per heavy atom. The van der Waals surface area contributed by atoms with Gasteiger partial charge in [-0.15, -0.1) is 0 Å². The van der Waals surface area contributed by atoms with Gasteiger partial charge in [-0.25, -0.2) is 13.4 Å². The van der Waals surface area contributed by atoms with Gasteiger partial charge in [0.15, 0.2) is 15.7 Å². The molecule has 38 heavy (non-hydrogen) atoms. The van der Waals surface area contributed by atoms with Crippen LogP contribution in [0, 0.1) is 5.21 Å². The van der Waals surface area contributed by atoms with Gasteiger partial charge in [-0.1, -0.05) is 12.1 Å². The number of nitrogens with zero attached hydrogens (tertiary/aromatic N) is 7. The standard InChI is InChI=1S/C21H18F5N7O4S/c1-4-38(35,36)12-7-10(15-29-18(37-31-15)20(5-6-20)21(24,25)26)9-27-14(12)17-28-11-8-13(19(2,22)23)33(34)30-16(11)32(17)3/h7-9H,4-6H2,1-3H3. The quantitative estimate of drug-likeness (QED) is 0.198. The lowest BCUT2D eigenvalue weighted by molar-refractivity contribution is -0.682. The van der Waals surface area contributed by atoms with Crippen molar-refractivity contribution >= 4 is 21.0 Å². The minimum atomic E-state index is -4.59. The van der Waals surface area contributed by atoms with Gasteiger partial charge in [-0.05, 0) is 23.8 Å². The van der Waals surface area contributed by atoms with Gasteiger partial charge in [0.05, 0.1) is 10.6 Å². The molecule has 1 aliphatic rings. The van der Waals surface area contributed by atoms with Crippen molar-refractivity contribution in [2.75, 3.05) is 5.75 Å². The molecule has 1 aliphatic carbocycles. The molecule has 1 fully saturated rings. The number of sulfone groups is 1. The number of imidazole rings is 1. The molecular formula is C21H18F5N7O4S. The summed E-state index contributed by atoms with van der Waals surface area (Å²) >= 11 is 0. The maximum absolute atomic E-state index is 13.8. The largest absolute Gasteiger partial charge is 0.594 e. The fraction of sp³-hybridized carbons (Fsp3) is 0.429. The van der Waals surface area contributed by atoms with Gasteiger partial charge in [-0.2, -0.15) is 26.9 Å². The van der Waals surface area contributed by atoms with Crippen LogP contribution in [0.4, 0.5) is 22.0 Å². The van der Waals surface area contributed by atoms with E-state index >= 15 is 0 Å². The second kappa shape index (κ2) is 8.12. The van der Waals surface area contributed by atoms with Gasteiger partial charge in [0, 0.05) is 36.9 Å². The molecule has 0 saturated heterocycles. The minimum absolute atomic E-state index is 0.0315. The van der Waals surface area contributed by atoms with Crippen molar-refractivity contribution in [1.82, 2.24) is 29.8 Å². The summed E-state index contributed by atoms with van der Waals surface area (Å²) in [5.41, 5.74) is -3.64. The second-order valence-corrected chi connectivity index (χ2v) is 11.2. The Morgan fingerprint density at radius 1 is 1.18 bits per heavy atom. The molecule has 1 saturated carbocycles. The normalized spacial score (nSPS) is 15.8. The summed E-state index contributed by atoms with van der Waals surface area (Å²) in [4.78, 5) is 11.6. The van der Waals surface area contributed by atoms with Gasteiger partial charge in [0.1, 0.15) is 16.6 Å². The van der Waals surface area contributed by atoms with E-state index in [-0.39, 0.29) is 62.4 Å². The van der Waals surface area contributed by atoms with E-state index < -0.39 is 38.9 Å². The topological polar surface area (TPSA) is 144 Å². The number of alkyl halides is 5. The molecule has 4 aromatic heterocycles. The lowest BCUT2D eigenvalue weighted by atomic mass is 10.1. The molecule has 0 amide bonds. The van der Waals surface area contributed by atoms with Crippen LogP contribution in [0.1, 0.15) is 38.3 Å². The van der Waals surface area contributed by atoms with E-state index in [1.165, 1.54) is 18.5 Å². The Labute approximate surface area is 210 Å². The first-order chi connectivity index (χ1) is 17.6. The number of hydrogen-bond donors (Lipinski definition) is 0. The van der Waals surface area contributed by atoms with E-state index in [1.54, 1.807) is 0 Å². The lowest BCUT2D eigenvalue weighted by Crippen LogP contribution is -2.40. The first kappa shape index (κ1) is 25.9. The number of pyridine rings is 1. The van der Waals surface area contributed by atoms with Crippen molar-refractivity contribution in [3.05, 3.63) is 35.1 Å². The molecule has 0 aliphatic heterocycles. The third kappa shape index (κ3) is 3.95. The summed E-state index contributed by atoms with van der Waals surface area (Å²) in [6.45, 7) is 1.88. The molecule has 0 N–H and O–H groups in total. The summed E-state index contributed by atoms with van der Waals surface area (Å²) in [5, 5.41) is 19.3. The van der Waals surface area contributed by atoms with Gasteiger partial charge in [-0.3, -0.25) is 4.98 Å². The van der Waals surface area contributed by atoms with Crippen molar-refractivity contribution in [1.29, 1.82) is 0 Å². The molecule has 4 heterocycles. The Hall–Kier alpha value is -3.76. The Balaban J connectivity index is 1.65. The van der Waals surface area contributed by atoms with E-state index in [0.717, 1.165) is 18.3 Å². The monoisotopic (exact) mass is 559 g/mol. The Kier molecular flexibility index (Phi) is 5.53. The van der Waals surface area contributed by atoms with E-state index in [1.807, 2.05) is 0 Å². The summed E-state index contributed by atoms with van der Waals surface area (Å²) in [7, 11) is -2.64. The molecule has 0 atom stereocenters. The summed E-state index contributed by atoms with van der Waals surface area (Å²) < 4.78 is 100. The van der Waals surface area contributed by atoms with Gasteiger partial charge in [0.25, 0.3) is 5.69 Å². The Bertz CT molecular complexity index is 1690. The minimum Gasteiger partial charge on any atom is -0.594 e. The van der Waals surface area contributed by atoms with E-state index in [2.05, 4.69) is 25.2 Å². The van der Waals surface area contributed by atoms with Crippen LogP contribution in [0.25, 0.3) is 34.1 Å². The van der Waals surface area contributed by atoms with Crippen molar-refractivity contribution < 1.29 is 39.7 Å². The summed E-state index contributed by atoms with van der Waals surface area (Å²) in [5.74, 6) is -4.93. The molecule has 0 aromatic carbocycles. The van der Waals surface area contributed by atoms with Crippen molar-refractivity contribution in [3.8, 4) is 22.9 Å². The molecule has 202 valence electrons. The van der Waals surface area contributed by atoms with Crippen molar-refractivity contribution in [2.45, 2.75) is 49.1 Å². The van der Waals surface area contributed by atoms with Crippen LogP contribution in [-0.2, 0) is 28.2 Å². The number of aryl methyl sites for hydroxylation is 1. The van der Waals surface area contributed by atoms with Crippen LogP contribution >= 0.6 is 0 Å². The first-order valence-electron chi connectivity index (χ1n) is 11.1. The molecule has 0 bridgehead atoms. The van der Waals surface area contributed by atoms with Crippen molar-refractivity contribution in [3.63, 3.8) is 0 Å².